The number of amides is 1. The van der Waals surface area contributed by atoms with E-state index in [0.29, 0.717) is 13.0 Å². The largest absolute Gasteiger partial charge is 0.406 e. The van der Waals surface area contributed by atoms with Crippen LogP contribution in [0.2, 0.25) is 0 Å². The number of halogens is 3. The van der Waals surface area contributed by atoms with Crippen LogP contribution in [0, 0.1) is 11.8 Å². The third-order valence-corrected chi connectivity index (χ3v) is 6.38. The van der Waals surface area contributed by atoms with Crippen molar-refractivity contribution in [3.05, 3.63) is 29.8 Å². The van der Waals surface area contributed by atoms with Crippen LogP contribution in [0.4, 0.5) is 18.9 Å². The van der Waals surface area contributed by atoms with Crippen LogP contribution >= 0.6 is 0 Å². The molecule has 0 spiro atoms. The van der Waals surface area contributed by atoms with E-state index >= 15 is 0 Å². The summed E-state index contributed by atoms with van der Waals surface area (Å²) in [6, 6.07) is 7.59. The summed E-state index contributed by atoms with van der Waals surface area (Å²) in [6.07, 6.45) is -2.05. The first-order valence-corrected chi connectivity index (χ1v) is 9.50. The number of rotatable bonds is 3. The fourth-order valence-electron chi connectivity index (χ4n) is 5.10. The number of fused-ring (bicyclic) bond motifs is 3. The Morgan fingerprint density at radius 1 is 1.22 bits per heavy atom. The van der Waals surface area contributed by atoms with Crippen LogP contribution < -0.4 is 16.2 Å². The lowest BCUT2D eigenvalue weighted by atomic mass is 9.67. The Kier molecular flexibility index (Phi) is 4.80. The highest BCUT2D eigenvalue weighted by Gasteiger charge is 2.54. The molecule has 148 valence electrons. The number of alkyl halides is 3. The van der Waals surface area contributed by atoms with Crippen molar-refractivity contribution in [3.8, 4) is 0 Å². The fraction of sp³-hybridized carbons (Fsp3) is 0.632. The second-order valence-electron chi connectivity index (χ2n) is 7.85. The molecule has 3 aliphatic rings. The molecule has 4 rings (SSSR count). The lowest BCUT2D eigenvalue weighted by Crippen LogP contribution is -2.63. The second kappa shape index (κ2) is 6.98. The molecule has 5 atom stereocenters. The molecule has 1 aromatic carbocycles. The van der Waals surface area contributed by atoms with Crippen molar-refractivity contribution in [2.24, 2.45) is 11.8 Å². The van der Waals surface area contributed by atoms with Crippen molar-refractivity contribution < 1.29 is 18.0 Å². The first-order chi connectivity index (χ1) is 12.9. The molecule has 5 nitrogen and oxygen atoms in total. The van der Waals surface area contributed by atoms with Gasteiger partial charge in [0.25, 0.3) is 0 Å². The van der Waals surface area contributed by atoms with Gasteiger partial charge < -0.3 is 10.2 Å². The fourth-order valence-corrected chi connectivity index (χ4v) is 5.10. The van der Waals surface area contributed by atoms with Crippen LogP contribution in [-0.4, -0.2) is 49.2 Å². The molecule has 3 N–H and O–H groups in total. The molecule has 3 fully saturated rings. The molecule has 2 saturated heterocycles. The van der Waals surface area contributed by atoms with Crippen molar-refractivity contribution in [2.45, 2.75) is 43.4 Å². The van der Waals surface area contributed by atoms with Gasteiger partial charge in [-0.2, -0.15) is 13.2 Å². The predicted molar refractivity (Wildman–Crippen MR) is 96.0 cm³/mol. The number of hydrogen-bond donors (Lipinski definition) is 3. The molecule has 1 aromatic rings. The number of piperidine rings is 1. The SMILES string of the molecule is CNc1ccc(C2CCC3C4NNCC4C(=O)N(CC(F)(F)F)C3C2)cc1. The summed E-state index contributed by atoms with van der Waals surface area (Å²) in [7, 11) is 1.85. The number of likely N-dealkylation sites (tertiary alicyclic amines) is 1. The Bertz CT molecular complexity index is 693. The standard InChI is InChI=1S/C19H25F3N4O/c1-23-13-5-2-11(3-6-13)12-4-7-14-16(8-12)26(10-19(20,21)22)18(27)15-9-24-25-17(14)15/h2-3,5-6,12,14-17,23-25H,4,7-10H2,1H3. The maximum absolute atomic E-state index is 13.2. The van der Waals surface area contributed by atoms with Crippen LogP contribution in [0.15, 0.2) is 24.3 Å². The van der Waals surface area contributed by atoms with Gasteiger partial charge in [-0.1, -0.05) is 12.1 Å². The molecule has 1 saturated carbocycles. The minimum Gasteiger partial charge on any atom is -0.388 e. The smallest absolute Gasteiger partial charge is 0.388 e. The molecule has 2 aliphatic heterocycles. The molecule has 1 amide bonds. The van der Waals surface area contributed by atoms with Crippen molar-refractivity contribution in [2.75, 3.05) is 25.5 Å². The van der Waals surface area contributed by atoms with Gasteiger partial charge in [0.1, 0.15) is 6.54 Å². The van der Waals surface area contributed by atoms with E-state index in [1.165, 1.54) is 0 Å². The average molecular weight is 382 g/mol. The molecule has 8 heteroatoms. The summed E-state index contributed by atoms with van der Waals surface area (Å²) < 4.78 is 39.6. The Labute approximate surface area is 156 Å². The van der Waals surface area contributed by atoms with Crippen molar-refractivity contribution in [1.29, 1.82) is 0 Å². The lowest BCUT2D eigenvalue weighted by Gasteiger charge is -2.50. The van der Waals surface area contributed by atoms with Crippen molar-refractivity contribution >= 4 is 11.6 Å². The molecule has 2 heterocycles. The first kappa shape index (κ1) is 18.6. The van der Waals surface area contributed by atoms with Gasteiger partial charge in [0.15, 0.2) is 0 Å². The van der Waals surface area contributed by atoms with E-state index < -0.39 is 18.6 Å². The number of hydrazine groups is 1. The van der Waals surface area contributed by atoms with E-state index in [1.807, 2.05) is 31.3 Å². The highest BCUT2D eigenvalue weighted by molar-refractivity contribution is 5.82. The van der Waals surface area contributed by atoms with E-state index in [0.717, 1.165) is 29.0 Å². The van der Waals surface area contributed by atoms with E-state index in [1.54, 1.807) is 0 Å². The van der Waals surface area contributed by atoms with E-state index in [4.69, 9.17) is 0 Å². The van der Waals surface area contributed by atoms with Crippen LogP contribution in [0.5, 0.6) is 0 Å². The number of carbonyl (C=O) groups excluding carboxylic acids is 1. The molecule has 0 radical (unpaired) electrons. The Morgan fingerprint density at radius 2 is 1.96 bits per heavy atom. The van der Waals surface area contributed by atoms with Crippen LogP contribution in [0.1, 0.15) is 30.7 Å². The number of nitrogens with one attached hydrogen (secondary N) is 3. The Morgan fingerprint density at radius 3 is 2.63 bits per heavy atom. The summed E-state index contributed by atoms with van der Waals surface area (Å²) in [5.41, 5.74) is 8.27. The monoisotopic (exact) mass is 382 g/mol. The number of benzene rings is 1. The maximum atomic E-state index is 13.2. The summed E-state index contributed by atoms with van der Waals surface area (Å²) in [6.45, 7) is -0.752. The van der Waals surface area contributed by atoms with E-state index in [9.17, 15) is 18.0 Å². The third kappa shape index (κ3) is 3.52. The van der Waals surface area contributed by atoms with Gasteiger partial charge in [0, 0.05) is 31.4 Å². The summed E-state index contributed by atoms with van der Waals surface area (Å²) >= 11 is 0. The second-order valence-corrected chi connectivity index (χ2v) is 7.85. The summed E-state index contributed by atoms with van der Waals surface area (Å²) in [4.78, 5) is 13.9. The van der Waals surface area contributed by atoms with Crippen molar-refractivity contribution in [1.82, 2.24) is 15.8 Å². The zero-order chi connectivity index (χ0) is 19.2. The molecule has 27 heavy (non-hydrogen) atoms. The molecular formula is C19H25F3N4O. The lowest BCUT2D eigenvalue weighted by molar-refractivity contribution is -0.178. The van der Waals surface area contributed by atoms with Gasteiger partial charge in [0.2, 0.25) is 5.91 Å². The van der Waals surface area contributed by atoms with Crippen LogP contribution in [0.25, 0.3) is 0 Å². The highest BCUT2D eigenvalue weighted by Crippen LogP contribution is 2.45. The number of nitrogens with zero attached hydrogens (tertiary/aromatic N) is 1. The van der Waals surface area contributed by atoms with Gasteiger partial charge in [-0.25, -0.2) is 0 Å². The minimum absolute atomic E-state index is 0.0536. The Hall–Kier alpha value is -1.80. The number of anilines is 1. The molecule has 0 aromatic heterocycles. The molecule has 5 unspecified atom stereocenters. The van der Waals surface area contributed by atoms with Gasteiger partial charge in [0.05, 0.1) is 5.92 Å². The first-order valence-electron chi connectivity index (χ1n) is 9.50. The quantitative estimate of drug-likeness (QED) is 0.752. The predicted octanol–water partition coefficient (Wildman–Crippen LogP) is 2.48. The van der Waals surface area contributed by atoms with Gasteiger partial charge in [-0.3, -0.25) is 15.6 Å². The molecular weight excluding hydrogens is 357 g/mol. The van der Waals surface area contributed by atoms with Gasteiger partial charge >= 0.3 is 6.18 Å². The third-order valence-electron chi connectivity index (χ3n) is 6.38. The molecule has 1 aliphatic carbocycles. The summed E-state index contributed by atoms with van der Waals surface area (Å²) in [5, 5.41) is 3.07. The highest BCUT2D eigenvalue weighted by atomic mass is 19.4. The Balaban J connectivity index is 1.59. The average Bonchev–Trinajstić information content (AvgIpc) is 3.14. The van der Waals surface area contributed by atoms with Crippen molar-refractivity contribution in [3.63, 3.8) is 0 Å². The van der Waals surface area contributed by atoms with Gasteiger partial charge in [-0.05, 0) is 48.8 Å². The van der Waals surface area contributed by atoms with Gasteiger partial charge in [-0.15, -0.1) is 0 Å². The summed E-state index contributed by atoms with van der Waals surface area (Å²) in [5.74, 6) is -0.549. The minimum atomic E-state index is -4.38. The van der Waals surface area contributed by atoms with E-state index in [-0.39, 0.29) is 29.8 Å². The van der Waals surface area contributed by atoms with Crippen LogP contribution in [0.3, 0.4) is 0 Å². The molecule has 0 bridgehead atoms. The topological polar surface area (TPSA) is 56.4 Å². The zero-order valence-corrected chi connectivity index (χ0v) is 15.2. The van der Waals surface area contributed by atoms with E-state index in [2.05, 4.69) is 16.2 Å². The number of carbonyl (C=O) groups is 1. The van der Waals surface area contributed by atoms with Crippen LogP contribution in [-0.2, 0) is 4.79 Å². The number of hydrogen-bond acceptors (Lipinski definition) is 4. The zero-order valence-electron chi connectivity index (χ0n) is 15.2. The normalized spacial score (nSPS) is 33.6. The maximum Gasteiger partial charge on any atom is 0.406 e.